The Bertz CT molecular complexity index is 1680. The third-order valence-corrected chi connectivity index (χ3v) is 7.81. The molecule has 0 fully saturated rings. The molecule has 3 amide bonds. The van der Waals surface area contributed by atoms with Crippen LogP contribution in [-0.4, -0.2) is 37.2 Å². The molecule has 0 aliphatic carbocycles. The number of nitrogens with one attached hydrogen (secondary N) is 3. The van der Waals surface area contributed by atoms with Gasteiger partial charge in [-0.3, -0.25) is 14.4 Å². The molecule has 0 spiro atoms. The highest BCUT2D eigenvalue weighted by Gasteiger charge is 2.19. The second-order valence-corrected chi connectivity index (χ2v) is 11.5. The van der Waals surface area contributed by atoms with E-state index in [1.54, 1.807) is 67.6 Å². The Morgan fingerprint density at radius 1 is 0.841 bits per heavy atom. The number of amides is 3. The van der Waals surface area contributed by atoms with Gasteiger partial charge in [-0.15, -0.1) is 11.8 Å². The molecule has 226 valence electrons. The lowest BCUT2D eigenvalue weighted by atomic mass is 10.1. The highest BCUT2D eigenvalue weighted by Crippen LogP contribution is 2.36. The largest absolute Gasteiger partial charge is 0.495 e. The summed E-state index contributed by atoms with van der Waals surface area (Å²) in [4.78, 5) is 40.1. The van der Waals surface area contributed by atoms with Crippen molar-refractivity contribution in [1.82, 2.24) is 5.32 Å². The van der Waals surface area contributed by atoms with Crippen molar-refractivity contribution < 1.29 is 23.9 Å². The molecule has 0 heterocycles. The summed E-state index contributed by atoms with van der Waals surface area (Å²) >= 11 is 7.56. The number of hydrogen-bond donors (Lipinski definition) is 3. The summed E-state index contributed by atoms with van der Waals surface area (Å²) in [6, 6.07) is 26.6. The zero-order valence-electron chi connectivity index (χ0n) is 24.6. The number of halogens is 1. The van der Waals surface area contributed by atoms with E-state index >= 15 is 0 Å². The number of carbonyl (C=O) groups is 3. The van der Waals surface area contributed by atoms with E-state index < -0.39 is 17.1 Å². The lowest BCUT2D eigenvalue weighted by Gasteiger charge is -2.16. The van der Waals surface area contributed by atoms with Crippen LogP contribution in [0.1, 0.15) is 28.4 Å². The first-order valence-corrected chi connectivity index (χ1v) is 14.9. The predicted octanol–water partition coefficient (Wildman–Crippen LogP) is 7.19. The molecule has 10 heteroatoms. The molecule has 4 aromatic carbocycles. The zero-order chi connectivity index (χ0) is 31.6. The second-order valence-electron chi connectivity index (χ2n) is 9.71. The number of rotatable bonds is 11. The Labute approximate surface area is 265 Å². The van der Waals surface area contributed by atoms with Crippen molar-refractivity contribution in [1.29, 1.82) is 0 Å². The van der Waals surface area contributed by atoms with E-state index in [2.05, 4.69) is 16.0 Å². The van der Waals surface area contributed by atoms with Gasteiger partial charge in [-0.1, -0.05) is 65.7 Å². The van der Waals surface area contributed by atoms with Crippen LogP contribution >= 0.6 is 23.4 Å². The van der Waals surface area contributed by atoms with Gasteiger partial charge in [0.2, 0.25) is 5.91 Å². The van der Waals surface area contributed by atoms with Crippen molar-refractivity contribution in [3.63, 3.8) is 0 Å². The van der Waals surface area contributed by atoms with Crippen molar-refractivity contribution in [2.24, 2.45) is 0 Å². The third-order valence-electron chi connectivity index (χ3n) is 6.42. The Balaban J connectivity index is 1.48. The average molecular weight is 630 g/mol. The molecule has 4 aromatic rings. The molecule has 3 N–H and O–H groups in total. The van der Waals surface area contributed by atoms with Crippen LogP contribution in [0.15, 0.2) is 102 Å². The number of aryl methyl sites for hydroxylation is 1. The summed E-state index contributed by atoms with van der Waals surface area (Å²) in [5.41, 5.74) is 3.26. The SMILES string of the molecule is COc1cc(OC)c(NC(=O)C(C)Sc2cccc(NC(=O)/C(=C\c3ccc(C)cc3)NC(=O)c3ccccc3)c2)cc1Cl. The maximum atomic E-state index is 13.4. The minimum atomic E-state index is -0.506. The van der Waals surface area contributed by atoms with Crippen LogP contribution in [0.25, 0.3) is 6.08 Å². The van der Waals surface area contributed by atoms with E-state index in [1.165, 1.54) is 26.0 Å². The first-order chi connectivity index (χ1) is 21.2. The van der Waals surface area contributed by atoms with Crippen LogP contribution in [0.5, 0.6) is 11.5 Å². The molecular weight excluding hydrogens is 598 g/mol. The molecule has 0 aliphatic heterocycles. The number of hydrogen-bond acceptors (Lipinski definition) is 6. The van der Waals surface area contributed by atoms with Crippen LogP contribution < -0.4 is 25.4 Å². The third kappa shape index (κ3) is 8.65. The van der Waals surface area contributed by atoms with Gasteiger partial charge >= 0.3 is 0 Å². The van der Waals surface area contributed by atoms with E-state index in [9.17, 15) is 14.4 Å². The standard InChI is InChI=1S/C34H32ClN3O5S/c1-21-13-15-23(16-14-21)17-29(38-33(40)24-9-6-5-7-10-24)34(41)36-25-11-8-12-26(18-25)44-22(2)32(39)37-28-19-27(35)30(42-3)20-31(28)43-4/h5-20,22H,1-4H3,(H,36,41)(H,37,39)(H,38,40)/b29-17+. The van der Waals surface area contributed by atoms with Gasteiger partial charge in [-0.25, -0.2) is 0 Å². The second kappa shape index (κ2) is 15.1. The zero-order valence-corrected chi connectivity index (χ0v) is 26.2. The molecule has 1 atom stereocenters. The molecule has 0 saturated carbocycles. The van der Waals surface area contributed by atoms with E-state index in [0.29, 0.717) is 33.5 Å². The topological polar surface area (TPSA) is 106 Å². The van der Waals surface area contributed by atoms with Gasteiger partial charge in [0.25, 0.3) is 11.8 Å². The van der Waals surface area contributed by atoms with Crippen LogP contribution in [0.2, 0.25) is 5.02 Å². The molecule has 4 rings (SSSR count). The fourth-order valence-corrected chi connectivity index (χ4v) is 5.23. The Hall–Kier alpha value is -4.73. The first-order valence-electron chi connectivity index (χ1n) is 13.6. The average Bonchev–Trinajstić information content (AvgIpc) is 3.02. The van der Waals surface area contributed by atoms with Crippen LogP contribution in [0, 0.1) is 6.92 Å². The molecular formula is C34H32ClN3O5S. The quantitative estimate of drug-likeness (QED) is 0.120. The normalized spacial score (nSPS) is 11.7. The lowest BCUT2D eigenvalue weighted by molar-refractivity contribution is -0.115. The Kier molecular flexibility index (Phi) is 11.1. The molecule has 0 radical (unpaired) electrons. The molecule has 1 unspecified atom stereocenters. The first kappa shape index (κ1) is 32.2. The minimum absolute atomic E-state index is 0.0839. The van der Waals surface area contributed by atoms with E-state index in [0.717, 1.165) is 16.0 Å². The number of thioether (sulfide) groups is 1. The van der Waals surface area contributed by atoms with Crippen molar-refractivity contribution in [2.45, 2.75) is 24.0 Å². The van der Waals surface area contributed by atoms with Gasteiger partial charge in [-0.2, -0.15) is 0 Å². The summed E-state index contributed by atoms with van der Waals surface area (Å²) < 4.78 is 10.6. The molecule has 44 heavy (non-hydrogen) atoms. The fourth-order valence-electron chi connectivity index (χ4n) is 4.07. The minimum Gasteiger partial charge on any atom is -0.495 e. The number of benzene rings is 4. The van der Waals surface area contributed by atoms with Crippen molar-refractivity contribution in [2.75, 3.05) is 24.9 Å². The smallest absolute Gasteiger partial charge is 0.272 e. The summed E-state index contributed by atoms with van der Waals surface area (Å²) in [5, 5.41) is 8.29. The van der Waals surface area contributed by atoms with Crippen LogP contribution in [0.3, 0.4) is 0 Å². The summed E-state index contributed by atoms with van der Waals surface area (Å²) in [6.07, 6.45) is 1.63. The molecule has 0 aromatic heterocycles. The number of anilines is 2. The van der Waals surface area contributed by atoms with E-state index in [4.69, 9.17) is 21.1 Å². The number of methoxy groups -OCH3 is 2. The molecule has 8 nitrogen and oxygen atoms in total. The number of ether oxygens (including phenoxy) is 2. The van der Waals surface area contributed by atoms with Gasteiger partial charge in [-0.05, 0) is 61.9 Å². The predicted molar refractivity (Wildman–Crippen MR) is 177 cm³/mol. The lowest BCUT2D eigenvalue weighted by Crippen LogP contribution is -2.30. The monoisotopic (exact) mass is 629 g/mol. The Morgan fingerprint density at radius 3 is 2.23 bits per heavy atom. The van der Waals surface area contributed by atoms with Crippen molar-refractivity contribution in [3.05, 3.63) is 118 Å². The molecule has 0 aliphatic rings. The van der Waals surface area contributed by atoms with Gasteiger partial charge in [0, 0.05) is 22.2 Å². The summed E-state index contributed by atoms with van der Waals surface area (Å²) in [7, 11) is 2.99. The summed E-state index contributed by atoms with van der Waals surface area (Å²) in [6.45, 7) is 3.74. The summed E-state index contributed by atoms with van der Waals surface area (Å²) in [5.74, 6) is -0.324. The van der Waals surface area contributed by atoms with Crippen LogP contribution in [0.4, 0.5) is 11.4 Å². The fraction of sp³-hybridized carbons (Fsp3) is 0.147. The molecule has 0 bridgehead atoms. The highest BCUT2D eigenvalue weighted by molar-refractivity contribution is 8.00. The maximum Gasteiger partial charge on any atom is 0.272 e. The number of carbonyl (C=O) groups excluding carboxylic acids is 3. The Morgan fingerprint density at radius 2 is 1.55 bits per heavy atom. The highest BCUT2D eigenvalue weighted by atomic mass is 35.5. The maximum absolute atomic E-state index is 13.4. The van der Waals surface area contributed by atoms with Crippen LogP contribution in [-0.2, 0) is 9.59 Å². The van der Waals surface area contributed by atoms with E-state index in [1.807, 2.05) is 43.3 Å². The van der Waals surface area contributed by atoms with Crippen molar-refractivity contribution in [3.8, 4) is 11.5 Å². The van der Waals surface area contributed by atoms with Gasteiger partial charge in [0.1, 0.15) is 17.2 Å². The molecule has 0 saturated heterocycles. The van der Waals surface area contributed by atoms with E-state index in [-0.39, 0.29) is 11.6 Å². The van der Waals surface area contributed by atoms with Gasteiger partial charge in [0.05, 0.1) is 30.2 Å². The van der Waals surface area contributed by atoms with Gasteiger partial charge in [0.15, 0.2) is 0 Å². The van der Waals surface area contributed by atoms with Crippen molar-refractivity contribution >= 4 is 58.5 Å². The van der Waals surface area contributed by atoms with Gasteiger partial charge < -0.3 is 25.4 Å².